The van der Waals surface area contributed by atoms with Gasteiger partial charge in [-0.3, -0.25) is 19.3 Å². The van der Waals surface area contributed by atoms with Crippen LogP contribution in [-0.4, -0.2) is 79.4 Å². The van der Waals surface area contributed by atoms with Crippen LogP contribution in [-0.2, 0) is 14.4 Å². The zero-order valence-electron chi connectivity index (χ0n) is 15.1. The lowest BCUT2D eigenvalue weighted by molar-refractivity contribution is -0.135. The van der Waals surface area contributed by atoms with Crippen molar-refractivity contribution in [2.24, 2.45) is 11.7 Å². The first kappa shape index (κ1) is 26.1. The third kappa shape index (κ3) is 9.25. The molecule has 25 heavy (non-hydrogen) atoms. The van der Waals surface area contributed by atoms with E-state index in [0.717, 1.165) is 0 Å². The van der Waals surface area contributed by atoms with Crippen molar-refractivity contribution < 1.29 is 14.4 Å². The van der Waals surface area contributed by atoms with Gasteiger partial charge < -0.3 is 21.3 Å². The number of nitrogens with two attached hydrogens (primary N) is 1. The number of carbonyl (C=O) groups is 3. The van der Waals surface area contributed by atoms with E-state index in [9.17, 15) is 14.4 Å². The largest absolute Gasteiger partial charge is 0.355 e. The van der Waals surface area contributed by atoms with Crippen LogP contribution in [0.3, 0.4) is 0 Å². The molecule has 148 valence electrons. The van der Waals surface area contributed by atoms with Crippen molar-refractivity contribution >= 4 is 42.5 Å². The van der Waals surface area contributed by atoms with Gasteiger partial charge in [0.05, 0.1) is 19.1 Å². The van der Waals surface area contributed by atoms with Crippen molar-refractivity contribution in [3.05, 3.63) is 0 Å². The number of rotatable bonds is 7. The number of piperazine rings is 1. The number of nitrogens with zero attached hydrogens (tertiary/aromatic N) is 2. The van der Waals surface area contributed by atoms with Crippen molar-refractivity contribution in [2.75, 3.05) is 45.8 Å². The minimum atomic E-state index is -0.600. The molecule has 10 heteroatoms. The van der Waals surface area contributed by atoms with Crippen molar-refractivity contribution in [1.29, 1.82) is 0 Å². The highest BCUT2D eigenvalue weighted by Gasteiger charge is 2.23. The Balaban J connectivity index is 0. The fourth-order valence-electron chi connectivity index (χ4n) is 2.31. The number of hydrogen-bond acceptors (Lipinski definition) is 5. The Kier molecular flexibility index (Phi) is 13.8. The molecule has 0 unspecified atom stereocenters. The topological polar surface area (TPSA) is 108 Å². The van der Waals surface area contributed by atoms with Gasteiger partial charge in [-0.05, 0) is 12.8 Å². The highest BCUT2D eigenvalue weighted by molar-refractivity contribution is 5.87. The molecule has 3 amide bonds. The van der Waals surface area contributed by atoms with E-state index in [0.29, 0.717) is 39.3 Å². The predicted molar refractivity (Wildman–Crippen MR) is 102 cm³/mol. The van der Waals surface area contributed by atoms with E-state index in [4.69, 9.17) is 5.73 Å². The van der Waals surface area contributed by atoms with Gasteiger partial charge in [0.2, 0.25) is 17.7 Å². The number of likely N-dealkylation sites (N-methyl/N-ethyl adjacent to an activating group) is 1. The molecule has 0 aromatic rings. The van der Waals surface area contributed by atoms with Crippen LogP contribution in [0.4, 0.5) is 0 Å². The fourth-order valence-corrected chi connectivity index (χ4v) is 2.31. The van der Waals surface area contributed by atoms with Crippen LogP contribution in [0.1, 0.15) is 20.8 Å². The Morgan fingerprint density at radius 1 is 1.04 bits per heavy atom. The second-order valence-corrected chi connectivity index (χ2v) is 6.10. The molecule has 1 aliphatic rings. The first-order valence-electron chi connectivity index (χ1n) is 8.15. The normalized spacial score (nSPS) is 15.6. The number of nitrogens with one attached hydrogen (secondary N) is 2. The van der Waals surface area contributed by atoms with Gasteiger partial charge in [0.15, 0.2) is 0 Å². The lowest BCUT2D eigenvalue weighted by Gasteiger charge is -2.34. The zero-order valence-corrected chi connectivity index (χ0v) is 16.8. The van der Waals surface area contributed by atoms with Gasteiger partial charge in [0.25, 0.3) is 0 Å². The highest BCUT2D eigenvalue weighted by atomic mass is 35.5. The Bertz CT molecular complexity index is 429. The summed E-state index contributed by atoms with van der Waals surface area (Å²) in [4.78, 5) is 39.1. The van der Waals surface area contributed by atoms with E-state index < -0.39 is 6.04 Å². The SMILES string of the molecule is CCNC(=O)CN1CCN(C(=O)CNC(=O)[C@@H](N)C(C)C)CC1.Cl.Cl. The maximum atomic E-state index is 12.1. The van der Waals surface area contributed by atoms with Crippen molar-refractivity contribution in [3.8, 4) is 0 Å². The van der Waals surface area contributed by atoms with E-state index in [2.05, 4.69) is 10.6 Å². The number of amides is 3. The van der Waals surface area contributed by atoms with Crippen LogP contribution in [0.5, 0.6) is 0 Å². The second kappa shape index (κ2) is 13.2. The molecule has 0 aliphatic carbocycles. The summed E-state index contributed by atoms with van der Waals surface area (Å²) in [6.45, 7) is 8.98. The molecule has 1 atom stereocenters. The average molecular weight is 400 g/mol. The molecule has 1 fully saturated rings. The van der Waals surface area contributed by atoms with Crippen LogP contribution in [0.25, 0.3) is 0 Å². The van der Waals surface area contributed by atoms with Gasteiger partial charge >= 0.3 is 0 Å². The number of hydrogen-bond donors (Lipinski definition) is 3. The molecular weight excluding hydrogens is 369 g/mol. The van der Waals surface area contributed by atoms with Crippen molar-refractivity contribution in [2.45, 2.75) is 26.8 Å². The van der Waals surface area contributed by atoms with E-state index in [1.165, 1.54) is 0 Å². The molecule has 0 spiro atoms. The summed E-state index contributed by atoms with van der Waals surface area (Å²) in [6.07, 6.45) is 0. The van der Waals surface area contributed by atoms with E-state index >= 15 is 0 Å². The van der Waals surface area contributed by atoms with Gasteiger partial charge in [-0.25, -0.2) is 0 Å². The molecule has 1 heterocycles. The Morgan fingerprint density at radius 3 is 2.08 bits per heavy atom. The molecule has 0 saturated carbocycles. The van der Waals surface area contributed by atoms with Crippen LogP contribution in [0.15, 0.2) is 0 Å². The van der Waals surface area contributed by atoms with Crippen LogP contribution >= 0.6 is 24.8 Å². The molecule has 1 rings (SSSR count). The first-order valence-corrected chi connectivity index (χ1v) is 8.15. The quantitative estimate of drug-likeness (QED) is 0.519. The Hall–Kier alpha value is -1.09. The molecular formula is C15H31Cl2N5O3. The summed E-state index contributed by atoms with van der Waals surface area (Å²) in [5.74, 6) is -0.389. The number of carbonyl (C=O) groups excluding carboxylic acids is 3. The van der Waals surface area contributed by atoms with Crippen molar-refractivity contribution in [1.82, 2.24) is 20.4 Å². The fraction of sp³-hybridized carbons (Fsp3) is 0.800. The van der Waals surface area contributed by atoms with Crippen molar-refractivity contribution in [3.63, 3.8) is 0 Å². The molecule has 0 radical (unpaired) electrons. The lowest BCUT2D eigenvalue weighted by Crippen LogP contribution is -2.54. The van der Waals surface area contributed by atoms with E-state index in [1.54, 1.807) is 4.90 Å². The third-order valence-electron chi connectivity index (χ3n) is 3.90. The summed E-state index contributed by atoms with van der Waals surface area (Å²) in [5.41, 5.74) is 5.73. The summed E-state index contributed by atoms with van der Waals surface area (Å²) >= 11 is 0. The van der Waals surface area contributed by atoms with Gasteiger partial charge in [-0.1, -0.05) is 13.8 Å². The average Bonchev–Trinajstić information content (AvgIpc) is 2.52. The Labute approximate surface area is 162 Å². The minimum Gasteiger partial charge on any atom is -0.355 e. The maximum Gasteiger partial charge on any atom is 0.242 e. The van der Waals surface area contributed by atoms with Gasteiger partial charge in [0, 0.05) is 32.7 Å². The highest BCUT2D eigenvalue weighted by Crippen LogP contribution is 2.02. The van der Waals surface area contributed by atoms with E-state index in [-0.39, 0.29) is 55.0 Å². The smallest absolute Gasteiger partial charge is 0.242 e. The summed E-state index contributed by atoms with van der Waals surface area (Å²) in [6, 6.07) is -0.600. The standard InChI is InChI=1S/C15H29N5O3.2ClH/c1-4-17-12(21)10-19-5-7-20(8-6-19)13(22)9-18-15(23)14(16)11(2)3;;/h11,14H,4-10,16H2,1-3H3,(H,17,21)(H,18,23);2*1H/t14-;;/m0../s1. The van der Waals surface area contributed by atoms with Gasteiger partial charge in [-0.2, -0.15) is 0 Å². The molecule has 8 nitrogen and oxygen atoms in total. The molecule has 4 N–H and O–H groups in total. The summed E-state index contributed by atoms with van der Waals surface area (Å²) < 4.78 is 0. The summed E-state index contributed by atoms with van der Waals surface area (Å²) in [7, 11) is 0. The van der Waals surface area contributed by atoms with Gasteiger partial charge in [0.1, 0.15) is 0 Å². The molecule has 0 aromatic heterocycles. The minimum absolute atomic E-state index is 0. The molecule has 1 saturated heterocycles. The first-order chi connectivity index (χ1) is 10.8. The van der Waals surface area contributed by atoms with Crippen LogP contribution in [0.2, 0.25) is 0 Å². The molecule has 1 aliphatic heterocycles. The predicted octanol–water partition coefficient (Wildman–Crippen LogP) is -0.790. The van der Waals surface area contributed by atoms with E-state index in [1.807, 2.05) is 25.7 Å². The second-order valence-electron chi connectivity index (χ2n) is 6.10. The zero-order chi connectivity index (χ0) is 17.4. The molecule has 0 aromatic carbocycles. The number of halogens is 2. The monoisotopic (exact) mass is 399 g/mol. The van der Waals surface area contributed by atoms with Crippen LogP contribution < -0.4 is 16.4 Å². The molecule has 0 bridgehead atoms. The third-order valence-corrected chi connectivity index (χ3v) is 3.90. The summed E-state index contributed by atoms with van der Waals surface area (Å²) in [5, 5.41) is 5.35. The van der Waals surface area contributed by atoms with Gasteiger partial charge in [-0.15, -0.1) is 24.8 Å². The lowest BCUT2D eigenvalue weighted by atomic mass is 10.1. The van der Waals surface area contributed by atoms with Crippen LogP contribution in [0, 0.1) is 5.92 Å². The Morgan fingerprint density at radius 2 is 1.60 bits per heavy atom. The maximum absolute atomic E-state index is 12.1.